The van der Waals surface area contributed by atoms with E-state index in [4.69, 9.17) is 0 Å². The molecule has 2 amide bonds. The highest BCUT2D eigenvalue weighted by Crippen LogP contribution is 2.30. The van der Waals surface area contributed by atoms with E-state index in [1.54, 1.807) is 7.05 Å². The van der Waals surface area contributed by atoms with Crippen molar-refractivity contribution in [2.45, 2.75) is 52.4 Å². The Kier molecular flexibility index (Phi) is 6.26. The number of aromatic nitrogens is 2. The maximum atomic E-state index is 13.0. The van der Waals surface area contributed by atoms with Crippen LogP contribution in [0.2, 0.25) is 0 Å². The Labute approximate surface area is 190 Å². The third-order valence-electron chi connectivity index (χ3n) is 5.31. The van der Waals surface area contributed by atoms with Crippen molar-refractivity contribution in [3.05, 3.63) is 77.1 Å². The van der Waals surface area contributed by atoms with Crippen LogP contribution < -0.4 is 10.6 Å². The van der Waals surface area contributed by atoms with E-state index in [2.05, 4.69) is 57.3 Å². The Bertz CT molecular complexity index is 1150. The average Bonchev–Trinajstić information content (AvgIpc) is 3.09. The highest BCUT2D eigenvalue weighted by Gasteiger charge is 2.23. The van der Waals surface area contributed by atoms with Crippen LogP contribution in [0.15, 0.2) is 54.6 Å². The largest absolute Gasteiger partial charge is 0.320 e. The van der Waals surface area contributed by atoms with E-state index in [0.717, 1.165) is 22.5 Å². The fourth-order valence-corrected chi connectivity index (χ4v) is 3.66. The quantitative estimate of drug-likeness (QED) is 0.570. The highest BCUT2D eigenvalue weighted by atomic mass is 16.2. The van der Waals surface area contributed by atoms with Crippen molar-refractivity contribution in [2.75, 3.05) is 10.6 Å². The van der Waals surface area contributed by atoms with Crippen LogP contribution in [0.25, 0.3) is 0 Å². The summed E-state index contributed by atoms with van der Waals surface area (Å²) < 4.78 is 1.43. The maximum absolute atomic E-state index is 13.0. The van der Waals surface area contributed by atoms with Gasteiger partial charge in [-0.15, -0.1) is 0 Å². The molecule has 0 spiro atoms. The second-order valence-corrected chi connectivity index (χ2v) is 10.0. The van der Waals surface area contributed by atoms with Crippen molar-refractivity contribution in [1.82, 2.24) is 9.78 Å². The van der Waals surface area contributed by atoms with E-state index >= 15 is 0 Å². The van der Waals surface area contributed by atoms with Crippen LogP contribution >= 0.6 is 0 Å². The number of nitrogens with one attached hydrogen (secondary N) is 2. The van der Waals surface area contributed by atoms with Crippen LogP contribution in [0.5, 0.6) is 0 Å². The number of rotatable bonds is 4. The van der Waals surface area contributed by atoms with Gasteiger partial charge in [0, 0.05) is 24.5 Å². The summed E-state index contributed by atoms with van der Waals surface area (Å²) in [5.41, 5.74) is 3.79. The number of nitrogens with zero attached hydrogens (tertiary/aromatic N) is 2. The molecule has 2 N–H and O–H groups in total. The van der Waals surface area contributed by atoms with Crippen LogP contribution in [0.1, 0.15) is 73.6 Å². The van der Waals surface area contributed by atoms with Crippen LogP contribution in [0, 0.1) is 0 Å². The zero-order valence-electron chi connectivity index (χ0n) is 19.9. The van der Waals surface area contributed by atoms with Gasteiger partial charge >= 0.3 is 0 Å². The SMILES string of the molecule is Cn1nc(C(=O)Nc2ccccc2C(C)(C)C)cc1C(=O)Nc1ccccc1C(C)(C)C. The van der Waals surface area contributed by atoms with Crippen molar-refractivity contribution >= 4 is 23.2 Å². The van der Waals surface area contributed by atoms with Gasteiger partial charge in [-0.2, -0.15) is 5.10 Å². The molecule has 1 heterocycles. The van der Waals surface area contributed by atoms with Crippen LogP contribution in [0.3, 0.4) is 0 Å². The van der Waals surface area contributed by atoms with Gasteiger partial charge < -0.3 is 10.6 Å². The topological polar surface area (TPSA) is 76.0 Å². The molecule has 6 heteroatoms. The molecule has 3 rings (SSSR count). The normalized spacial score (nSPS) is 11.8. The van der Waals surface area contributed by atoms with Crippen LogP contribution in [-0.2, 0) is 17.9 Å². The third kappa shape index (κ3) is 5.07. The molecular formula is C26H32N4O2. The van der Waals surface area contributed by atoms with E-state index in [0.29, 0.717) is 5.69 Å². The predicted molar refractivity (Wildman–Crippen MR) is 129 cm³/mol. The molecular weight excluding hydrogens is 400 g/mol. The van der Waals surface area contributed by atoms with E-state index < -0.39 is 0 Å². The van der Waals surface area contributed by atoms with Crippen LogP contribution in [0.4, 0.5) is 11.4 Å². The van der Waals surface area contributed by atoms with Crippen molar-refractivity contribution in [3.63, 3.8) is 0 Å². The molecule has 168 valence electrons. The molecule has 0 radical (unpaired) electrons. The Morgan fingerprint density at radius 1 is 0.750 bits per heavy atom. The molecule has 0 aliphatic rings. The molecule has 0 bridgehead atoms. The van der Waals surface area contributed by atoms with Gasteiger partial charge in [-0.3, -0.25) is 14.3 Å². The van der Waals surface area contributed by atoms with Crippen LogP contribution in [-0.4, -0.2) is 21.6 Å². The lowest BCUT2D eigenvalue weighted by molar-refractivity contribution is 0.101. The summed E-state index contributed by atoms with van der Waals surface area (Å²) in [4.78, 5) is 25.9. The molecule has 0 saturated carbocycles. The van der Waals surface area contributed by atoms with Gasteiger partial charge in [-0.25, -0.2) is 0 Å². The molecule has 0 atom stereocenters. The second-order valence-electron chi connectivity index (χ2n) is 10.0. The summed E-state index contributed by atoms with van der Waals surface area (Å²) in [6, 6.07) is 17.0. The smallest absolute Gasteiger partial charge is 0.276 e. The van der Waals surface area contributed by atoms with Crippen molar-refractivity contribution in [1.29, 1.82) is 0 Å². The van der Waals surface area contributed by atoms with Gasteiger partial charge in [0.1, 0.15) is 5.69 Å². The number of amides is 2. The molecule has 2 aromatic carbocycles. The summed E-state index contributed by atoms with van der Waals surface area (Å²) in [6.07, 6.45) is 0. The fourth-order valence-electron chi connectivity index (χ4n) is 3.66. The lowest BCUT2D eigenvalue weighted by atomic mass is 9.86. The summed E-state index contributed by atoms with van der Waals surface area (Å²) in [5, 5.41) is 10.2. The van der Waals surface area contributed by atoms with Crippen molar-refractivity contribution in [2.24, 2.45) is 7.05 Å². The first kappa shape index (κ1) is 23.3. The van der Waals surface area contributed by atoms with Gasteiger partial charge in [-0.05, 0) is 34.1 Å². The Morgan fingerprint density at radius 2 is 1.19 bits per heavy atom. The highest BCUT2D eigenvalue weighted by molar-refractivity contribution is 6.07. The molecule has 0 aliphatic carbocycles. The Morgan fingerprint density at radius 3 is 1.66 bits per heavy atom. The lowest BCUT2D eigenvalue weighted by Gasteiger charge is -2.23. The second kappa shape index (κ2) is 8.61. The molecule has 0 aliphatic heterocycles. The van der Waals surface area contributed by atoms with Crippen molar-refractivity contribution < 1.29 is 9.59 Å². The number of hydrogen-bond donors (Lipinski definition) is 2. The first-order valence-corrected chi connectivity index (χ1v) is 10.7. The van der Waals surface area contributed by atoms with Gasteiger partial charge in [0.25, 0.3) is 11.8 Å². The first-order chi connectivity index (χ1) is 14.9. The number of benzene rings is 2. The van der Waals surface area contributed by atoms with Crippen molar-refractivity contribution in [3.8, 4) is 0 Å². The molecule has 32 heavy (non-hydrogen) atoms. The molecule has 0 unspecified atom stereocenters. The lowest BCUT2D eigenvalue weighted by Crippen LogP contribution is -2.20. The number of hydrogen-bond acceptors (Lipinski definition) is 3. The number of para-hydroxylation sites is 2. The standard InChI is InChI=1S/C26H32N4O2/c1-25(2,3)17-12-8-10-14-19(17)27-23(31)21-16-22(30(7)29-21)24(32)28-20-15-11-9-13-18(20)26(4,5)6/h8-16H,1-7H3,(H,27,31)(H,28,32). The number of carbonyl (C=O) groups is 2. The van der Waals surface area contributed by atoms with E-state index in [-0.39, 0.29) is 28.3 Å². The summed E-state index contributed by atoms with van der Waals surface area (Å²) in [6.45, 7) is 12.6. The van der Waals surface area contributed by atoms with Gasteiger partial charge in [0.2, 0.25) is 0 Å². The molecule has 0 saturated heterocycles. The third-order valence-corrected chi connectivity index (χ3v) is 5.31. The van der Waals surface area contributed by atoms with Gasteiger partial charge in [0.15, 0.2) is 5.69 Å². The molecule has 3 aromatic rings. The number of aryl methyl sites for hydroxylation is 1. The maximum Gasteiger partial charge on any atom is 0.276 e. The number of carbonyl (C=O) groups excluding carboxylic acids is 2. The Balaban J connectivity index is 1.83. The molecule has 6 nitrogen and oxygen atoms in total. The zero-order valence-corrected chi connectivity index (χ0v) is 19.9. The predicted octanol–water partition coefficient (Wildman–Crippen LogP) is 5.52. The Hall–Kier alpha value is -3.41. The number of anilines is 2. The van der Waals surface area contributed by atoms with E-state index in [9.17, 15) is 9.59 Å². The minimum Gasteiger partial charge on any atom is -0.320 e. The van der Waals surface area contributed by atoms with Gasteiger partial charge in [0.05, 0.1) is 0 Å². The summed E-state index contributed by atoms with van der Waals surface area (Å²) in [7, 11) is 1.66. The molecule has 0 fully saturated rings. The fraction of sp³-hybridized carbons (Fsp3) is 0.346. The molecule has 1 aromatic heterocycles. The van der Waals surface area contributed by atoms with Gasteiger partial charge in [-0.1, -0.05) is 77.9 Å². The monoisotopic (exact) mass is 432 g/mol. The minimum absolute atomic E-state index is 0.123. The first-order valence-electron chi connectivity index (χ1n) is 10.7. The summed E-state index contributed by atoms with van der Waals surface area (Å²) in [5.74, 6) is -0.669. The van der Waals surface area contributed by atoms with E-state index in [1.807, 2.05) is 48.5 Å². The minimum atomic E-state index is -0.355. The average molecular weight is 433 g/mol. The summed E-state index contributed by atoms with van der Waals surface area (Å²) >= 11 is 0. The zero-order chi connectivity index (χ0) is 23.7. The van der Waals surface area contributed by atoms with E-state index in [1.165, 1.54) is 10.7 Å².